The zero-order valence-corrected chi connectivity index (χ0v) is 21.2. The van der Waals surface area contributed by atoms with Crippen LogP contribution in [0.1, 0.15) is 17.0 Å². The molecule has 1 unspecified atom stereocenters. The molecule has 0 spiro atoms. The fraction of sp³-hybridized carbons (Fsp3) is 0.296. The summed E-state index contributed by atoms with van der Waals surface area (Å²) in [5.74, 6) is -3.52. The highest BCUT2D eigenvalue weighted by molar-refractivity contribution is 5.96. The maximum Gasteiger partial charge on any atom is 0.404 e. The second-order valence-electron chi connectivity index (χ2n) is 9.10. The Balaban J connectivity index is 1.45. The number of aromatic nitrogens is 1. The van der Waals surface area contributed by atoms with Crippen LogP contribution in [0.25, 0.3) is 0 Å². The van der Waals surface area contributed by atoms with Gasteiger partial charge >= 0.3 is 6.09 Å². The first-order valence-electron chi connectivity index (χ1n) is 12.3. The lowest BCUT2D eigenvalue weighted by molar-refractivity contribution is -0.117. The van der Waals surface area contributed by atoms with Crippen LogP contribution in [0.3, 0.4) is 0 Å². The van der Waals surface area contributed by atoms with E-state index in [2.05, 4.69) is 15.6 Å². The molecule has 0 saturated carbocycles. The first-order valence-corrected chi connectivity index (χ1v) is 12.3. The lowest BCUT2D eigenvalue weighted by atomic mass is 9.85. The molecule has 1 aliphatic heterocycles. The van der Waals surface area contributed by atoms with E-state index in [1.807, 2.05) is 0 Å². The SMILES string of the molecule is NC(=O)OC[C@@H]1CO[C@H](COc2c(F)cncc2NC(=O)C(N)C(c2ccc(F)cc2)c2ccc(F)cc2)CN1. The highest BCUT2D eigenvalue weighted by atomic mass is 19.1. The van der Waals surface area contributed by atoms with Crippen LogP contribution in [-0.4, -0.2) is 61.5 Å². The Kier molecular flexibility index (Phi) is 9.53. The fourth-order valence-electron chi connectivity index (χ4n) is 4.21. The quantitative estimate of drug-likeness (QED) is 0.296. The lowest BCUT2D eigenvalue weighted by Crippen LogP contribution is -2.50. The molecule has 1 aromatic heterocycles. The van der Waals surface area contributed by atoms with Gasteiger partial charge in [0.25, 0.3) is 0 Å². The van der Waals surface area contributed by atoms with Gasteiger partial charge in [-0.2, -0.15) is 0 Å². The third-order valence-corrected chi connectivity index (χ3v) is 6.24. The summed E-state index contributed by atoms with van der Waals surface area (Å²) in [4.78, 5) is 27.8. The van der Waals surface area contributed by atoms with E-state index < -0.39 is 47.5 Å². The molecule has 2 heterocycles. The van der Waals surface area contributed by atoms with Gasteiger partial charge in [0.1, 0.15) is 36.6 Å². The first kappa shape index (κ1) is 28.8. The summed E-state index contributed by atoms with van der Waals surface area (Å²) in [6, 6.07) is 9.36. The van der Waals surface area contributed by atoms with Gasteiger partial charge in [0.2, 0.25) is 5.91 Å². The average Bonchev–Trinajstić information content (AvgIpc) is 2.94. The minimum atomic E-state index is -1.24. The zero-order valence-electron chi connectivity index (χ0n) is 21.2. The van der Waals surface area contributed by atoms with Crippen LogP contribution in [0, 0.1) is 17.5 Å². The van der Waals surface area contributed by atoms with E-state index in [0.717, 1.165) is 6.20 Å². The third kappa shape index (κ3) is 7.46. The van der Waals surface area contributed by atoms with E-state index in [4.69, 9.17) is 25.7 Å². The molecule has 6 N–H and O–H groups in total. The number of ether oxygens (including phenoxy) is 3. The van der Waals surface area contributed by atoms with Crippen molar-refractivity contribution in [1.82, 2.24) is 10.3 Å². The predicted molar refractivity (Wildman–Crippen MR) is 138 cm³/mol. The van der Waals surface area contributed by atoms with Crippen LogP contribution in [0.4, 0.5) is 23.7 Å². The monoisotopic (exact) mass is 559 g/mol. The number of pyridine rings is 1. The van der Waals surface area contributed by atoms with Gasteiger partial charge in [-0.05, 0) is 35.4 Å². The van der Waals surface area contributed by atoms with Crippen molar-refractivity contribution in [2.45, 2.75) is 24.1 Å². The molecule has 10 nitrogen and oxygen atoms in total. The Morgan fingerprint density at radius 2 is 1.65 bits per heavy atom. The Labute approximate surface area is 227 Å². The van der Waals surface area contributed by atoms with Crippen molar-refractivity contribution in [3.63, 3.8) is 0 Å². The highest BCUT2D eigenvalue weighted by Gasteiger charge is 2.30. The number of carbonyl (C=O) groups is 2. The van der Waals surface area contributed by atoms with E-state index in [1.54, 1.807) is 0 Å². The van der Waals surface area contributed by atoms with Crippen molar-refractivity contribution in [2.24, 2.45) is 11.5 Å². The van der Waals surface area contributed by atoms with Gasteiger partial charge in [-0.15, -0.1) is 0 Å². The van der Waals surface area contributed by atoms with Gasteiger partial charge in [0.05, 0.1) is 31.1 Å². The summed E-state index contributed by atoms with van der Waals surface area (Å²) in [5.41, 5.74) is 12.3. The van der Waals surface area contributed by atoms with Crippen LogP contribution in [0.15, 0.2) is 60.9 Å². The van der Waals surface area contributed by atoms with Crippen molar-refractivity contribution >= 4 is 17.7 Å². The van der Waals surface area contributed by atoms with Crippen molar-refractivity contribution in [3.05, 3.63) is 89.5 Å². The standard InChI is InChI=1S/C27H28F3N5O5/c28-17-5-1-15(2-6-17)23(16-3-7-18(29)8-4-16)24(31)26(36)35-22-11-33-10-21(30)25(22)39-14-20-9-34-19(12-38-20)13-40-27(32)37/h1-8,10-11,19-20,23-24,34H,9,12-14,31H2,(H2,32,37)(H,35,36)/t19-,20-,24?/m0/s1. The molecule has 0 bridgehead atoms. The number of primary amides is 1. The third-order valence-electron chi connectivity index (χ3n) is 6.24. The number of nitrogens with two attached hydrogens (primary N) is 2. The number of hydrogen-bond donors (Lipinski definition) is 4. The van der Waals surface area contributed by atoms with Crippen molar-refractivity contribution < 1.29 is 37.0 Å². The van der Waals surface area contributed by atoms with Crippen LogP contribution >= 0.6 is 0 Å². The number of halogens is 3. The number of amides is 2. The molecule has 3 atom stereocenters. The molecule has 2 amide bonds. The van der Waals surface area contributed by atoms with Gasteiger partial charge in [-0.1, -0.05) is 24.3 Å². The number of benzene rings is 2. The predicted octanol–water partition coefficient (Wildman–Crippen LogP) is 2.43. The molecule has 0 radical (unpaired) electrons. The molecule has 0 aliphatic carbocycles. The average molecular weight is 560 g/mol. The van der Waals surface area contributed by atoms with Gasteiger partial charge < -0.3 is 36.3 Å². The smallest absolute Gasteiger partial charge is 0.404 e. The van der Waals surface area contributed by atoms with Gasteiger partial charge in [0.15, 0.2) is 11.6 Å². The van der Waals surface area contributed by atoms with E-state index in [1.165, 1.54) is 54.7 Å². The number of rotatable bonds is 10. The van der Waals surface area contributed by atoms with Crippen LogP contribution in [0.2, 0.25) is 0 Å². The molecular formula is C27H28F3N5O5. The first-order chi connectivity index (χ1) is 19.2. The van der Waals surface area contributed by atoms with Gasteiger partial charge in [0, 0.05) is 12.5 Å². The highest BCUT2D eigenvalue weighted by Crippen LogP contribution is 2.31. The fourth-order valence-corrected chi connectivity index (χ4v) is 4.21. The van der Waals surface area contributed by atoms with Crippen LogP contribution < -0.4 is 26.8 Å². The molecule has 2 aromatic carbocycles. The van der Waals surface area contributed by atoms with Crippen LogP contribution in [-0.2, 0) is 14.3 Å². The summed E-state index contributed by atoms with van der Waals surface area (Å²) in [6.07, 6.45) is 0.785. The van der Waals surface area contributed by atoms with E-state index in [0.29, 0.717) is 17.7 Å². The Hall–Kier alpha value is -4.20. The maximum absolute atomic E-state index is 14.7. The zero-order chi connectivity index (χ0) is 28.6. The summed E-state index contributed by atoms with van der Waals surface area (Å²) >= 11 is 0. The Morgan fingerprint density at radius 1 is 1.02 bits per heavy atom. The molecule has 212 valence electrons. The molecule has 40 heavy (non-hydrogen) atoms. The Bertz CT molecular complexity index is 1260. The van der Waals surface area contributed by atoms with Crippen LogP contribution in [0.5, 0.6) is 5.75 Å². The van der Waals surface area contributed by atoms with E-state index >= 15 is 0 Å². The number of hydrogen-bond acceptors (Lipinski definition) is 8. The molecule has 1 fully saturated rings. The number of anilines is 1. The summed E-state index contributed by atoms with van der Waals surface area (Å²) in [7, 11) is 0. The molecule has 3 aromatic rings. The van der Waals surface area contributed by atoms with Gasteiger partial charge in [-0.25, -0.2) is 18.0 Å². The number of nitrogens with one attached hydrogen (secondary N) is 2. The summed E-state index contributed by atoms with van der Waals surface area (Å²) in [5, 5.41) is 5.67. The lowest BCUT2D eigenvalue weighted by Gasteiger charge is -2.30. The molecular weight excluding hydrogens is 531 g/mol. The topological polar surface area (TPSA) is 151 Å². The molecule has 1 saturated heterocycles. The summed E-state index contributed by atoms with van der Waals surface area (Å²) < 4.78 is 57.9. The second-order valence-corrected chi connectivity index (χ2v) is 9.10. The molecule has 13 heteroatoms. The molecule has 1 aliphatic rings. The largest absolute Gasteiger partial charge is 0.485 e. The van der Waals surface area contributed by atoms with E-state index in [-0.39, 0.29) is 37.3 Å². The minimum absolute atomic E-state index is 0.0369. The maximum atomic E-state index is 14.7. The number of morpholine rings is 1. The van der Waals surface area contributed by atoms with Crippen molar-refractivity contribution in [3.8, 4) is 5.75 Å². The van der Waals surface area contributed by atoms with E-state index in [9.17, 15) is 22.8 Å². The van der Waals surface area contributed by atoms with Crippen molar-refractivity contribution in [1.29, 1.82) is 0 Å². The number of carbonyl (C=O) groups excluding carboxylic acids is 2. The number of nitrogens with zero attached hydrogens (tertiary/aromatic N) is 1. The molecule has 4 rings (SSSR count). The summed E-state index contributed by atoms with van der Waals surface area (Å²) in [6.45, 7) is 0.491. The normalized spacial score (nSPS) is 17.7. The van der Waals surface area contributed by atoms with Crippen molar-refractivity contribution in [2.75, 3.05) is 31.7 Å². The minimum Gasteiger partial charge on any atom is -0.485 e. The Morgan fingerprint density at radius 3 is 2.20 bits per heavy atom. The second kappa shape index (κ2) is 13.2. The van der Waals surface area contributed by atoms with Gasteiger partial charge in [-0.3, -0.25) is 9.78 Å².